The van der Waals surface area contributed by atoms with Crippen molar-refractivity contribution in [2.45, 2.75) is 210 Å². The molecule has 0 aromatic heterocycles. The topological polar surface area (TPSA) is 230 Å². The van der Waals surface area contributed by atoms with Crippen LogP contribution in [0.2, 0.25) is 0 Å². The third-order valence-corrected chi connectivity index (χ3v) is 11.6. The van der Waals surface area contributed by atoms with Gasteiger partial charge in [0.2, 0.25) is 0 Å². The van der Waals surface area contributed by atoms with Crippen LogP contribution in [-0.2, 0) is 32.7 Å². The number of phosphoric acid groups is 1. The van der Waals surface area contributed by atoms with E-state index in [1.54, 1.807) is 6.08 Å². The van der Waals surface area contributed by atoms with Gasteiger partial charge in [-0.15, -0.1) is 0 Å². The number of aliphatic hydroxyl groups excluding tert-OH is 6. The molecule has 0 heterocycles. The smallest absolute Gasteiger partial charge is 0.462 e. The van der Waals surface area contributed by atoms with Crippen LogP contribution in [0.5, 0.6) is 0 Å². The number of rotatable bonds is 38. The Morgan fingerprint density at radius 2 is 1.08 bits per heavy atom. The second kappa shape index (κ2) is 38.4. The molecule has 15 heteroatoms. The zero-order valence-electron chi connectivity index (χ0n) is 38.7. The molecule has 7 unspecified atom stereocenters. The Morgan fingerprint density at radius 1 is 0.578 bits per heavy atom. The fourth-order valence-electron chi connectivity index (χ4n) is 6.81. The number of allylic oxidation sites excluding steroid dienone is 10. The summed E-state index contributed by atoms with van der Waals surface area (Å²) in [6.07, 6.45) is 31.5. The van der Waals surface area contributed by atoms with Gasteiger partial charge in [0.05, 0.1) is 12.7 Å². The summed E-state index contributed by atoms with van der Waals surface area (Å²) in [5.41, 5.74) is 0. The van der Waals surface area contributed by atoms with Gasteiger partial charge in [-0.1, -0.05) is 177 Å². The van der Waals surface area contributed by atoms with Crippen LogP contribution in [0.15, 0.2) is 72.9 Å². The molecule has 1 saturated carbocycles. The minimum absolute atomic E-state index is 0.0457. The van der Waals surface area contributed by atoms with Gasteiger partial charge < -0.3 is 45.0 Å². The van der Waals surface area contributed by atoms with Crippen molar-refractivity contribution in [1.29, 1.82) is 0 Å². The lowest BCUT2D eigenvalue weighted by molar-refractivity contribution is -0.220. The second-order valence-electron chi connectivity index (χ2n) is 16.4. The Kier molecular flexibility index (Phi) is 35.5. The highest BCUT2D eigenvalue weighted by atomic mass is 31.2. The van der Waals surface area contributed by atoms with Crippen molar-refractivity contribution in [2.75, 3.05) is 13.2 Å². The van der Waals surface area contributed by atoms with E-state index in [1.807, 2.05) is 54.7 Å². The van der Waals surface area contributed by atoms with Crippen molar-refractivity contribution < 1.29 is 68.2 Å². The van der Waals surface area contributed by atoms with Gasteiger partial charge in [0.15, 0.2) is 6.10 Å². The van der Waals surface area contributed by atoms with E-state index in [0.717, 1.165) is 38.5 Å². The standard InChI is InChI=1S/C49H83O14P/c1-3-5-7-8-9-10-11-12-13-16-19-22-25-28-32-36-42(51)60-38-41(39-61-64(58,59)63-49-47(56)45(54)44(53)46(55)48(49)57)62-43(52)37-33-29-26-23-20-17-14-15-18-21-24-27-31-35-40(50)34-30-6-4-2/h6,15,17-18,20,24,26-27,29-31,35,40-41,44-50,53-57H,3-5,7-14,16,19,21-23,25,28,32-34,36-39H2,1-2H3,(H,58,59). The number of phosphoric ester groups is 1. The maximum atomic E-state index is 12.8. The molecular weight excluding hydrogens is 843 g/mol. The molecule has 0 saturated heterocycles. The van der Waals surface area contributed by atoms with Crippen LogP contribution in [0, 0.1) is 0 Å². The minimum atomic E-state index is -5.15. The molecule has 0 aromatic carbocycles. The Bertz CT molecular complexity index is 1410. The number of hydrogen-bond acceptors (Lipinski definition) is 13. The lowest BCUT2D eigenvalue weighted by atomic mass is 9.85. The first-order chi connectivity index (χ1) is 30.8. The van der Waals surface area contributed by atoms with Crippen LogP contribution in [0.3, 0.4) is 0 Å². The zero-order valence-corrected chi connectivity index (χ0v) is 39.6. The first kappa shape index (κ1) is 59.3. The predicted molar refractivity (Wildman–Crippen MR) is 250 cm³/mol. The summed E-state index contributed by atoms with van der Waals surface area (Å²) in [6.45, 7) is 3.03. The molecule has 1 fully saturated rings. The SMILES string of the molecule is CCC=CCC(O)C=CC=CCC=CCC=CCC=CCCC(=O)OC(COC(=O)CCCCCCCCCCCCCCCCC)COP(=O)(O)OC1C(O)C(O)C(O)C(O)C1O. The lowest BCUT2D eigenvalue weighted by Gasteiger charge is -2.41. The van der Waals surface area contributed by atoms with Crippen LogP contribution >= 0.6 is 7.82 Å². The summed E-state index contributed by atoms with van der Waals surface area (Å²) in [5.74, 6) is -1.22. The third-order valence-electron chi connectivity index (χ3n) is 10.7. The van der Waals surface area contributed by atoms with Crippen LogP contribution < -0.4 is 0 Å². The Labute approximate surface area is 383 Å². The van der Waals surface area contributed by atoms with E-state index in [4.69, 9.17) is 18.5 Å². The van der Waals surface area contributed by atoms with Crippen molar-refractivity contribution in [2.24, 2.45) is 0 Å². The molecule has 0 amide bonds. The number of ether oxygens (including phenoxy) is 2. The first-order valence-corrected chi connectivity index (χ1v) is 25.3. The van der Waals surface area contributed by atoms with Gasteiger partial charge in [-0.05, 0) is 44.9 Å². The molecule has 64 heavy (non-hydrogen) atoms. The summed E-state index contributed by atoms with van der Waals surface area (Å²) in [4.78, 5) is 35.7. The molecule has 0 aliphatic heterocycles. The summed E-state index contributed by atoms with van der Waals surface area (Å²) in [6, 6.07) is 0. The molecule has 14 nitrogen and oxygen atoms in total. The third kappa shape index (κ3) is 30.5. The van der Waals surface area contributed by atoms with E-state index in [-0.39, 0.29) is 12.8 Å². The number of unbranched alkanes of at least 4 members (excludes halogenated alkanes) is 14. The van der Waals surface area contributed by atoms with Gasteiger partial charge in [-0.2, -0.15) is 0 Å². The van der Waals surface area contributed by atoms with Gasteiger partial charge in [-0.25, -0.2) is 4.57 Å². The van der Waals surface area contributed by atoms with Crippen LogP contribution in [0.4, 0.5) is 0 Å². The number of carbonyl (C=O) groups excluding carboxylic acids is 2. The normalized spacial score (nSPS) is 22.7. The van der Waals surface area contributed by atoms with E-state index in [1.165, 1.54) is 70.6 Å². The van der Waals surface area contributed by atoms with E-state index < -0.39 is 81.8 Å². The van der Waals surface area contributed by atoms with Gasteiger partial charge in [0.1, 0.15) is 43.2 Å². The maximum absolute atomic E-state index is 12.8. The summed E-state index contributed by atoms with van der Waals surface area (Å²) < 4.78 is 33.4. The highest BCUT2D eigenvalue weighted by Crippen LogP contribution is 2.47. The molecule has 1 aliphatic carbocycles. The van der Waals surface area contributed by atoms with Crippen molar-refractivity contribution in [3.63, 3.8) is 0 Å². The predicted octanol–water partition coefficient (Wildman–Crippen LogP) is 8.47. The Morgan fingerprint density at radius 3 is 1.62 bits per heavy atom. The van der Waals surface area contributed by atoms with Crippen molar-refractivity contribution in [3.05, 3.63) is 72.9 Å². The molecule has 0 aromatic rings. The number of hydrogen-bond donors (Lipinski definition) is 7. The molecule has 7 N–H and O–H groups in total. The summed E-state index contributed by atoms with van der Waals surface area (Å²) in [5, 5.41) is 60.0. The highest BCUT2D eigenvalue weighted by Gasteiger charge is 2.51. The first-order valence-electron chi connectivity index (χ1n) is 23.8. The molecular formula is C49H83O14P. The average Bonchev–Trinajstić information content (AvgIpc) is 3.27. The molecule has 1 aliphatic rings. The molecule has 1 rings (SSSR count). The van der Waals surface area contributed by atoms with Crippen molar-refractivity contribution in [3.8, 4) is 0 Å². The van der Waals surface area contributed by atoms with Crippen molar-refractivity contribution in [1.82, 2.24) is 0 Å². The van der Waals surface area contributed by atoms with Gasteiger partial charge in [-0.3, -0.25) is 18.6 Å². The van der Waals surface area contributed by atoms with Gasteiger partial charge in [0.25, 0.3) is 0 Å². The minimum Gasteiger partial charge on any atom is -0.462 e. The van der Waals surface area contributed by atoms with Crippen LogP contribution in [-0.4, -0.2) is 110 Å². The van der Waals surface area contributed by atoms with Crippen molar-refractivity contribution >= 4 is 19.8 Å². The van der Waals surface area contributed by atoms with Crippen LogP contribution in [0.25, 0.3) is 0 Å². The average molecular weight is 927 g/mol. The zero-order chi connectivity index (χ0) is 47.3. The maximum Gasteiger partial charge on any atom is 0.472 e. The van der Waals surface area contributed by atoms with Gasteiger partial charge >= 0.3 is 19.8 Å². The number of aliphatic hydroxyl groups is 6. The molecule has 0 radical (unpaired) electrons. The monoisotopic (exact) mass is 927 g/mol. The summed E-state index contributed by atoms with van der Waals surface area (Å²) in [7, 11) is -5.15. The Hall–Kier alpha value is -2.75. The summed E-state index contributed by atoms with van der Waals surface area (Å²) >= 11 is 0. The van der Waals surface area contributed by atoms with E-state index >= 15 is 0 Å². The number of esters is 2. The van der Waals surface area contributed by atoms with E-state index in [0.29, 0.717) is 25.7 Å². The quantitative estimate of drug-likeness (QED) is 0.0101. The molecule has 0 bridgehead atoms. The van der Waals surface area contributed by atoms with Crippen LogP contribution in [0.1, 0.15) is 162 Å². The second-order valence-corrected chi connectivity index (χ2v) is 17.8. The van der Waals surface area contributed by atoms with E-state index in [2.05, 4.69) is 26.0 Å². The largest absolute Gasteiger partial charge is 0.472 e. The lowest BCUT2D eigenvalue weighted by Crippen LogP contribution is -2.64. The molecule has 7 atom stereocenters. The van der Waals surface area contributed by atoms with E-state index in [9.17, 15) is 49.7 Å². The highest BCUT2D eigenvalue weighted by molar-refractivity contribution is 7.47. The molecule has 368 valence electrons. The fraction of sp³-hybridized carbons (Fsp3) is 0.714. The fourth-order valence-corrected chi connectivity index (χ4v) is 7.78. The molecule has 0 spiro atoms. The number of carbonyl (C=O) groups is 2. The van der Waals surface area contributed by atoms with Gasteiger partial charge in [0, 0.05) is 12.8 Å². The Balaban J connectivity index is 2.52.